The van der Waals surface area contributed by atoms with Crippen LogP contribution in [0.4, 0.5) is 0 Å². The molecule has 102 valence electrons. The molecule has 0 amide bonds. The Morgan fingerprint density at radius 2 is 1.94 bits per heavy atom. The second kappa shape index (κ2) is 6.48. The predicted octanol–water partition coefficient (Wildman–Crippen LogP) is 2.60. The molecule has 1 N–H and O–H groups in total. The lowest BCUT2D eigenvalue weighted by Gasteiger charge is -2.35. The lowest BCUT2D eigenvalue weighted by molar-refractivity contribution is -0.140. The van der Waals surface area contributed by atoms with E-state index in [1.54, 1.807) is 7.11 Å². The average molecular weight is 251 g/mol. The molecule has 0 aromatic rings. The molecular formula is C15H25NO2. The van der Waals surface area contributed by atoms with Crippen LogP contribution in [0.15, 0.2) is 11.6 Å². The summed E-state index contributed by atoms with van der Waals surface area (Å²) in [6.45, 7) is 1.76. The van der Waals surface area contributed by atoms with Crippen LogP contribution in [0.3, 0.4) is 0 Å². The van der Waals surface area contributed by atoms with Gasteiger partial charge < -0.3 is 10.1 Å². The van der Waals surface area contributed by atoms with E-state index in [1.165, 1.54) is 19.3 Å². The van der Waals surface area contributed by atoms with Crippen LogP contribution in [0.5, 0.6) is 0 Å². The molecule has 0 spiro atoms. The molecule has 0 saturated carbocycles. The van der Waals surface area contributed by atoms with Gasteiger partial charge in [0.1, 0.15) is 5.60 Å². The molecule has 18 heavy (non-hydrogen) atoms. The van der Waals surface area contributed by atoms with Gasteiger partial charge in [0.2, 0.25) is 0 Å². The third-order valence-corrected chi connectivity index (χ3v) is 4.30. The number of allylic oxidation sites excluding steroid dienone is 1. The summed E-state index contributed by atoms with van der Waals surface area (Å²) < 4.78 is 5.64. The van der Waals surface area contributed by atoms with E-state index in [0.717, 1.165) is 50.8 Å². The van der Waals surface area contributed by atoms with E-state index in [2.05, 4.69) is 11.4 Å². The van der Waals surface area contributed by atoms with Crippen molar-refractivity contribution in [1.29, 1.82) is 0 Å². The van der Waals surface area contributed by atoms with Crippen LogP contribution in [-0.4, -0.2) is 31.6 Å². The molecular weight excluding hydrogens is 226 g/mol. The highest BCUT2D eigenvalue weighted by Gasteiger charge is 2.40. The number of ketones is 1. The lowest BCUT2D eigenvalue weighted by Crippen LogP contribution is -2.49. The molecule has 0 bridgehead atoms. The normalized spacial score (nSPS) is 24.8. The molecule has 1 fully saturated rings. The Balaban J connectivity index is 2.11. The maximum Gasteiger partial charge on any atom is 0.190 e. The highest BCUT2D eigenvalue weighted by atomic mass is 16.5. The average Bonchev–Trinajstić information content (AvgIpc) is 2.38. The van der Waals surface area contributed by atoms with Crippen LogP contribution in [-0.2, 0) is 9.53 Å². The number of carbonyl (C=O) groups is 1. The molecule has 0 atom stereocenters. The zero-order valence-corrected chi connectivity index (χ0v) is 11.5. The molecule has 1 aliphatic heterocycles. The third kappa shape index (κ3) is 3.01. The highest BCUT2D eigenvalue weighted by Crippen LogP contribution is 2.29. The summed E-state index contributed by atoms with van der Waals surface area (Å²) in [6.07, 6.45) is 10.7. The van der Waals surface area contributed by atoms with Gasteiger partial charge in [-0.1, -0.05) is 18.9 Å². The summed E-state index contributed by atoms with van der Waals surface area (Å²) in [5.41, 5.74) is 0.481. The van der Waals surface area contributed by atoms with Crippen molar-refractivity contribution in [1.82, 2.24) is 5.32 Å². The van der Waals surface area contributed by atoms with Gasteiger partial charge in [0.25, 0.3) is 0 Å². The first-order chi connectivity index (χ1) is 8.78. The van der Waals surface area contributed by atoms with Gasteiger partial charge in [-0.15, -0.1) is 0 Å². The van der Waals surface area contributed by atoms with Crippen molar-refractivity contribution >= 4 is 5.78 Å². The van der Waals surface area contributed by atoms with Gasteiger partial charge in [0.15, 0.2) is 5.78 Å². The van der Waals surface area contributed by atoms with E-state index in [-0.39, 0.29) is 5.78 Å². The van der Waals surface area contributed by atoms with Crippen LogP contribution in [0.2, 0.25) is 0 Å². The molecule has 0 radical (unpaired) electrons. The summed E-state index contributed by atoms with van der Waals surface area (Å²) in [5, 5.41) is 3.30. The summed E-state index contributed by atoms with van der Waals surface area (Å²) >= 11 is 0. The van der Waals surface area contributed by atoms with Crippen LogP contribution < -0.4 is 5.32 Å². The molecule has 0 unspecified atom stereocenters. The number of piperidine rings is 1. The maximum atomic E-state index is 12.8. The van der Waals surface area contributed by atoms with E-state index in [4.69, 9.17) is 4.74 Å². The predicted molar refractivity (Wildman–Crippen MR) is 72.6 cm³/mol. The molecule has 1 aliphatic carbocycles. The quantitative estimate of drug-likeness (QED) is 0.838. The molecule has 1 saturated heterocycles. The number of hydrogen-bond donors (Lipinski definition) is 1. The summed E-state index contributed by atoms with van der Waals surface area (Å²) in [6, 6.07) is 0. The lowest BCUT2D eigenvalue weighted by atomic mass is 9.82. The highest BCUT2D eigenvalue weighted by molar-refractivity contribution is 6.02. The number of carbonyl (C=O) groups excluding carboxylic acids is 1. The Kier molecular flexibility index (Phi) is 4.95. The molecule has 0 aromatic carbocycles. The fourth-order valence-electron chi connectivity index (χ4n) is 3.05. The third-order valence-electron chi connectivity index (χ3n) is 4.30. The van der Waals surface area contributed by atoms with Gasteiger partial charge in [-0.3, -0.25) is 4.79 Å². The van der Waals surface area contributed by atoms with Crippen LogP contribution >= 0.6 is 0 Å². The second-order valence-electron chi connectivity index (χ2n) is 5.46. The first kappa shape index (κ1) is 13.8. The van der Waals surface area contributed by atoms with Crippen LogP contribution in [0, 0.1) is 0 Å². The zero-order chi connectivity index (χ0) is 12.8. The standard InChI is InChI=1S/C15H25NO2/c1-18-15(9-11-16-12-10-15)14(17)13-7-5-3-2-4-6-8-13/h7,16H,2-6,8-12H2,1H3. The topological polar surface area (TPSA) is 38.3 Å². The first-order valence-electron chi connectivity index (χ1n) is 7.28. The van der Waals surface area contributed by atoms with Crippen molar-refractivity contribution in [2.75, 3.05) is 20.2 Å². The van der Waals surface area contributed by atoms with Crippen molar-refractivity contribution in [3.8, 4) is 0 Å². The number of ether oxygens (including phenoxy) is 1. The number of Topliss-reactive ketones (excluding diaryl/α,β-unsaturated/α-hetero) is 1. The van der Waals surface area contributed by atoms with Crippen LogP contribution in [0.1, 0.15) is 51.4 Å². The van der Waals surface area contributed by atoms with E-state index in [9.17, 15) is 4.79 Å². The number of rotatable bonds is 3. The Morgan fingerprint density at radius 3 is 2.67 bits per heavy atom. The van der Waals surface area contributed by atoms with E-state index in [0.29, 0.717) is 0 Å². The van der Waals surface area contributed by atoms with E-state index >= 15 is 0 Å². The largest absolute Gasteiger partial charge is 0.370 e. The van der Waals surface area contributed by atoms with Crippen molar-refractivity contribution in [3.63, 3.8) is 0 Å². The molecule has 3 heteroatoms. The van der Waals surface area contributed by atoms with Crippen LogP contribution in [0.25, 0.3) is 0 Å². The van der Waals surface area contributed by atoms with Gasteiger partial charge >= 0.3 is 0 Å². The van der Waals surface area contributed by atoms with Gasteiger partial charge in [0, 0.05) is 7.11 Å². The number of hydrogen-bond acceptors (Lipinski definition) is 3. The Hall–Kier alpha value is -0.670. The van der Waals surface area contributed by atoms with E-state index < -0.39 is 5.60 Å². The molecule has 1 heterocycles. The summed E-state index contributed by atoms with van der Waals surface area (Å²) in [7, 11) is 1.69. The zero-order valence-electron chi connectivity index (χ0n) is 11.5. The Labute approximate surface area is 110 Å². The van der Waals surface area contributed by atoms with Crippen molar-refractivity contribution in [2.24, 2.45) is 0 Å². The molecule has 0 aromatic heterocycles. The van der Waals surface area contributed by atoms with Gasteiger partial charge in [-0.25, -0.2) is 0 Å². The SMILES string of the molecule is COC1(C(=O)C2=CCCCCCC2)CCNCC1. The van der Waals surface area contributed by atoms with Gasteiger partial charge in [0.05, 0.1) is 0 Å². The minimum atomic E-state index is -0.545. The number of nitrogens with one attached hydrogen (secondary N) is 1. The second-order valence-corrected chi connectivity index (χ2v) is 5.46. The van der Waals surface area contributed by atoms with Crippen molar-refractivity contribution in [2.45, 2.75) is 57.0 Å². The van der Waals surface area contributed by atoms with Crippen molar-refractivity contribution in [3.05, 3.63) is 11.6 Å². The maximum absolute atomic E-state index is 12.8. The van der Waals surface area contributed by atoms with Gasteiger partial charge in [-0.05, 0) is 57.2 Å². The summed E-state index contributed by atoms with van der Waals surface area (Å²) in [5.74, 6) is 0.258. The minimum absolute atomic E-state index is 0.258. The molecule has 2 rings (SSSR count). The smallest absolute Gasteiger partial charge is 0.190 e. The summed E-state index contributed by atoms with van der Waals surface area (Å²) in [4.78, 5) is 12.8. The fraction of sp³-hybridized carbons (Fsp3) is 0.800. The van der Waals surface area contributed by atoms with E-state index in [1.807, 2.05) is 0 Å². The van der Waals surface area contributed by atoms with Crippen molar-refractivity contribution < 1.29 is 9.53 Å². The monoisotopic (exact) mass is 251 g/mol. The Morgan fingerprint density at radius 1 is 1.22 bits per heavy atom. The van der Waals surface area contributed by atoms with Gasteiger partial charge in [-0.2, -0.15) is 0 Å². The number of methoxy groups -OCH3 is 1. The minimum Gasteiger partial charge on any atom is -0.370 e. The Bertz CT molecular complexity index is 316. The fourth-order valence-corrected chi connectivity index (χ4v) is 3.05. The molecule has 2 aliphatic rings. The first-order valence-corrected chi connectivity index (χ1v) is 7.28. The molecule has 3 nitrogen and oxygen atoms in total.